The standard InChI is InChI=1S/C20H21FN2O2S/c1-24-18-5-2-14(12-22-18)10-19(26)23-8-6-20(7-9-23)17-11-16(21)4-3-15(17)13-25-20/h2-5,11-12H,6-10,13H2,1H3. The summed E-state index contributed by atoms with van der Waals surface area (Å²) in [6.07, 6.45) is 4.13. The molecule has 1 aromatic carbocycles. The second-order valence-electron chi connectivity index (χ2n) is 6.85. The van der Waals surface area contributed by atoms with Crippen LogP contribution in [0.25, 0.3) is 0 Å². The fourth-order valence-electron chi connectivity index (χ4n) is 3.85. The predicted molar refractivity (Wildman–Crippen MR) is 101 cm³/mol. The molecule has 0 atom stereocenters. The molecule has 1 saturated heterocycles. The van der Waals surface area contributed by atoms with Crippen LogP contribution >= 0.6 is 12.2 Å². The number of aromatic nitrogens is 1. The second-order valence-corrected chi connectivity index (χ2v) is 7.32. The first kappa shape index (κ1) is 17.4. The number of ether oxygens (including phenoxy) is 2. The molecule has 4 rings (SSSR count). The Morgan fingerprint density at radius 3 is 2.81 bits per heavy atom. The van der Waals surface area contributed by atoms with Crippen molar-refractivity contribution in [1.82, 2.24) is 9.88 Å². The van der Waals surface area contributed by atoms with E-state index in [1.807, 2.05) is 18.2 Å². The number of methoxy groups -OCH3 is 1. The number of benzene rings is 1. The summed E-state index contributed by atoms with van der Waals surface area (Å²) in [6.45, 7) is 2.20. The normalized spacial score (nSPS) is 18.0. The average molecular weight is 372 g/mol. The molecule has 1 fully saturated rings. The predicted octanol–water partition coefficient (Wildman–Crippen LogP) is 3.62. The van der Waals surface area contributed by atoms with Crippen LogP contribution in [0.2, 0.25) is 0 Å². The van der Waals surface area contributed by atoms with Crippen LogP contribution in [0.4, 0.5) is 4.39 Å². The topological polar surface area (TPSA) is 34.6 Å². The molecule has 0 unspecified atom stereocenters. The summed E-state index contributed by atoms with van der Waals surface area (Å²) in [4.78, 5) is 7.37. The van der Waals surface area contributed by atoms with Crippen molar-refractivity contribution in [2.24, 2.45) is 0 Å². The summed E-state index contributed by atoms with van der Waals surface area (Å²) < 4.78 is 24.9. The van der Waals surface area contributed by atoms with Gasteiger partial charge in [-0.2, -0.15) is 0 Å². The Balaban J connectivity index is 1.41. The molecule has 3 heterocycles. The zero-order valence-electron chi connectivity index (χ0n) is 14.7. The summed E-state index contributed by atoms with van der Waals surface area (Å²) in [6, 6.07) is 8.82. The van der Waals surface area contributed by atoms with Crippen LogP contribution in [-0.2, 0) is 23.4 Å². The zero-order chi connectivity index (χ0) is 18.1. The fourth-order valence-corrected chi connectivity index (χ4v) is 4.20. The molecule has 6 heteroatoms. The van der Waals surface area contributed by atoms with Crippen molar-refractivity contribution in [2.45, 2.75) is 31.5 Å². The van der Waals surface area contributed by atoms with Crippen LogP contribution in [0.3, 0.4) is 0 Å². The summed E-state index contributed by atoms with van der Waals surface area (Å²) in [5.74, 6) is 0.405. The Labute approximate surface area is 157 Å². The lowest BCUT2D eigenvalue weighted by Crippen LogP contribution is -2.45. The lowest BCUT2D eigenvalue weighted by molar-refractivity contribution is -0.0704. The number of likely N-dealkylation sites (tertiary alicyclic amines) is 1. The van der Waals surface area contributed by atoms with E-state index in [1.54, 1.807) is 19.4 Å². The highest BCUT2D eigenvalue weighted by molar-refractivity contribution is 7.80. The lowest BCUT2D eigenvalue weighted by Gasteiger charge is -2.40. The van der Waals surface area contributed by atoms with E-state index >= 15 is 0 Å². The molecule has 4 nitrogen and oxygen atoms in total. The molecule has 1 spiro atoms. The van der Waals surface area contributed by atoms with Crippen LogP contribution in [0.15, 0.2) is 36.5 Å². The van der Waals surface area contributed by atoms with Crippen molar-refractivity contribution < 1.29 is 13.9 Å². The van der Waals surface area contributed by atoms with E-state index in [-0.39, 0.29) is 11.4 Å². The molecule has 0 amide bonds. The van der Waals surface area contributed by atoms with Gasteiger partial charge in [-0.05, 0) is 41.7 Å². The van der Waals surface area contributed by atoms with Gasteiger partial charge in [-0.15, -0.1) is 0 Å². The van der Waals surface area contributed by atoms with E-state index < -0.39 is 0 Å². The van der Waals surface area contributed by atoms with Crippen molar-refractivity contribution >= 4 is 17.2 Å². The van der Waals surface area contributed by atoms with Crippen LogP contribution in [0, 0.1) is 5.82 Å². The van der Waals surface area contributed by atoms with Crippen molar-refractivity contribution in [3.63, 3.8) is 0 Å². The van der Waals surface area contributed by atoms with E-state index in [0.29, 0.717) is 18.9 Å². The fraction of sp³-hybridized carbons (Fsp3) is 0.400. The number of hydrogen-bond acceptors (Lipinski definition) is 4. The average Bonchev–Trinajstić information content (AvgIpc) is 3.00. The molecule has 0 saturated carbocycles. The third-order valence-electron chi connectivity index (χ3n) is 5.35. The molecule has 136 valence electrons. The number of fused-ring (bicyclic) bond motifs is 2. The molecular weight excluding hydrogens is 351 g/mol. The minimum absolute atomic E-state index is 0.196. The van der Waals surface area contributed by atoms with Crippen LogP contribution in [-0.4, -0.2) is 35.1 Å². The van der Waals surface area contributed by atoms with Gasteiger partial charge in [0.1, 0.15) is 5.82 Å². The molecule has 0 radical (unpaired) electrons. The van der Waals surface area contributed by atoms with Gasteiger partial charge in [0.05, 0.1) is 24.3 Å². The van der Waals surface area contributed by atoms with Crippen LogP contribution < -0.4 is 4.74 Å². The maximum Gasteiger partial charge on any atom is 0.212 e. The number of rotatable bonds is 3. The third-order valence-corrected chi connectivity index (χ3v) is 5.76. The molecule has 0 N–H and O–H groups in total. The van der Waals surface area contributed by atoms with Gasteiger partial charge < -0.3 is 14.4 Å². The first-order valence-electron chi connectivity index (χ1n) is 8.79. The van der Waals surface area contributed by atoms with Crippen molar-refractivity contribution in [1.29, 1.82) is 0 Å². The maximum absolute atomic E-state index is 13.7. The molecule has 26 heavy (non-hydrogen) atoms. The molecule has 2 aliphatic heterocycles. The van der Waals surface area contributed by atoms with E-state index in [1.165, 1.54) is 6.07 Å². The Kier molecular flexibility index (Phi) is 4.63. The van der Waals surface area contributed by atoms with Gasteiger partial charge in [0.15, 0.2) is 0 Å². The smallest absolute Gasteiger partial charge is 0.212 e. The van der Waals surface area contributed by atoms with E-state index in [2.05, 4.69) is 9.88 Å². The van der Waals surface area contributed by atoms with Crippen molar-refractivity contribution in [3.05, 3.63) is 59.0 Å². The third kappa shape index (κ3) is 3.19. The zero-order valence-corrected chi connectivity index (χ0v) is 15.5. The number of halogens is 1. The Hall–Kier alpha value is -2.05. The van der Waals surface area contributed by atoms with Gasteiger partial charge in [0.25, 0.3) is 0 Å². The number of hydrogen-bond donors (Lipinski definition) is 0. The molecule has 0 aliphatic carbocycles. The molecule has 2 aliphatic rings. The Morgan fingerprint density at radius 1 is 1.31 bits per heavy atom. The van der Waals surface area contributed by atoms with E-state index in [0.717, 1.165) is 47.6 Å². The first-order valence-corrected chi connectivity index (χ1v) is 9.20. The Morgan fingerprint density at radius 2 is 2.12 bits per heavy atom. The SMILES string of the molecule is COc1ccc(CC(=S)N2CCC3(CC2)OCc2ccc(F)cc23)cn1. The summed E-state index contributed by atoms with van der Waals surface area (Å²) in [7, 11) is 1.60. The van der Waals surface area contributed by atoms with Gasteiger partial charge in [-0.1, -0.05) is 24.4 Å². The summed E-state index contributed by atoms with van der Waals surface area (Å²) in [5.41, 5.74) is 2.83. The number of piperidine rings is 1. The van der Waals surface area contributed by atoms with Gasteiger partial charge >= 0.3 is 0 Å². The van der Waals surface area contributed by atoms with Gasteiger partial charge in [0.2, 0.25) is 5.88 Å². The number of pyridine rings is 1. The highest BCUT2D eigenvalue weighted by atomic mass is 32.1. The molecule has 1 aromatic heterocycles. The van der Waals surface area contributed by atoms with Gasteiger partial charge in [0, 0.05) is 31.8 Å². The second kappa shape index (κ2) is 6.93. The van der Waals surface area contributed by atoms with E-state index in [4.69, 9.17) is 21.7 Å². The maximum atomic E-state index is 13.7. The number of thiocarbonyl (C=S) groups is 1. The molecule has 2 aromatic rings. The summed E-state index contributed by atoms with van der Waals surface area (Å²) in [5, 5.41) is 0. The van der Waals surface area contributed by atoms with E-state index in [9.17, 15) is 4.39 Å². The molecular formula is C20H21FN2O2S. The van der Waals surface area contributed by atoms with Crippen LogP contribution in [0.1, 0.15) is 29.5 Å². The van der Waals surface area contributed by atoms with Gasteiger partial charge in [-0.3, -0.25) is 0 Å². The minimum Gasteiger partial charge on any atom is -0.481 e. The highest BCUT2D eigenvalue weighted by Gasteiger charge is 2.43. The highest BCUT2D eigenvalue weighted by Crippen LogP contribution is 2.44. The number of nitrogens with zero attached hydrogens (tertiary/aromatic N) is 2. The van der Waals surface area contributed by atoms with Crippen LogP contribution in [0.5, 0.6) is 5.88 Å². The Bertz CT molecular complexity index is 817. The lowest BCUT2D eigenvalue weighted by atomic mass is 9.83. The first-order chi connectivity index (χ1) is 12.6. The largest absolute Gasteiger partial charge is 0.481 e. The molecule has 0 bridgehead atoms. The quantitative estimate of drug-likeness (QED) is 0.769. The van der Waals surface area contributed by atoms with Gasteiger partial charge in [-0.25, -0.2) is 9.37 Å². The summed E-state index contributed by atoms with van der Waals surface area (Å²) >= 11 is 5.64. The monoisotopic (exact) mass is 372 g/mol. The van der Waals surface area contributed by atoms with Crippen molar-refractivity contribution in [2.75, 3.05) is 20.2 Å². The van der Waals surface area contributed by atoms with Crippen molar-refractivity contribution in [3.8, 4) is 5.88 Å². The minimum atomic E-state index is -0.356.